The molecule has 12 heteroatoms. The maximum Gasteiger partial charge on any atom is 0.398 e. The average molecular weight is 998 g/mol. The van der Waals surface area contributed by atoms with Crippen LogP contribution in [0.4, 0.5) is 26.3 Å². The van der Waals surface area contributed by atoms with Gasteiger partial charge in [0.2, 0.25) is 0 Å². The molecular formula is C45H42F6IrN2OSi2-2. The maximum absolute atomic E-state index is 15.1. The number of halogens is 6. The van der Waals surface area contributed by atoms with Crippen molar-refractivity contribution in [3.05, 3.63) is 138 Å². The molecule has 0 saturated heterocycles. The van der Waals surface area contributed by atoms with Crippen molar-refractivity contribution >= 4 is 43.3 Å². The van der Waals surface area contributed by atoms with Crippen LogP contribution in [-0.4, -0.2) is 38.5 Å². The predicted octanol–water partition coefficient (Wildman–Crippen LogP) is 13.2. The fraction of sp³-hybridized carbons (Fsp3) is 0.244. The molecule has 3 nitrogen and oxygen atoms in total. The van der Waals surface area contributed by atoms with Crippen LogP contribution in [0.1, 0.15) is 29.0 Å². The molecule has 3 aromatic heterocycles. The molecule has 0 amide bonds. The molecule has 299 valence electrons. The van der Waals surface area contributed by atoms with Gasteiger partial charge in [-0.05, 0) is 41.8 Å². The Balaban J connectivity index is 0.000000325. The van der Waals surface area contributed by atoms with Crippen molar-refractivity contribution in [2.75, 3.05) is 0 Å². The zero-order valence-electron chi connectivity index (χ0n) is 40.3. The third-order valence-electron chi connectivity index (χ3n) is 10.1. The molecule has 0 aliphatic heterocycles. The van der Waals surface area contributed by atoms with Gasteiger partial charge in [-0.2, -0.15) is 26.3 Å². The third-order valence-corrected chi connectivity index (χ3v) is 21.3. The van der Waals surface area contributed by atoms with Crippen LogP contribution in [0.15, 0.2) is 114 Å². The van der Waals surface area contributed by atoms with Crippen molar-refractivity contribution in [2.24, 2.45) is 0 Å². The van der Waals surface area contributed by atoms with Crippen LogP contribution in [-0.2, 0) is 20.1 Å². The maximum atomic E-state index is 15.1. The quantitative estimate of drug-likeness (QED) is 0.0947. The molecule has 7 rings (SSSR count). The number of aromatic nitrogens is 2. The van der Waals surface area contributed by atoms with Gasteiger partial charge < -0.3 is 14.4 Å². The second kappa shape index (κ2) is 16.1. The fourth-order valence-electron chi connectivity index (χ4n) is 7.90. The van der Waals surface area contributed by atoms with Crippen molar-refractivity contribution in [1.82, 2.24) is 9.97 Å². The van der Waals surface area contributed by atoms with Crippen LogP contribution < -0.4 is 5.19 Å². The SMILES string of the molecule is [2H]C([2H])([2H])c1c[c-]c(-c2ccc(C([2H])([2H])[2H])cn2)cc1.[2H]C([2H])([2H])c1cnc(-c2[c-]ccc3c2oc2c(-c4ccccc4)cccc23)cc1[Si](C)(C)C(C(F)(F)F)(C(F)(F)F)[Si](C)(C)C.[Ir]. The summed E-state index contributed by atoms with van der Waals surface area (Å²) < 4.78 is 161. The Morgan fingerprint density at radius 1 is 0.667 bits per heavy atom. The van der Waals surface area contributed by atoms with Crippen molar-refractivity contribution in [1.29, 1.82) is 0 Å². The van der Waals surface area contributed by atoms with Gasteiger partial charge in [-0.15, -0.1) is 53.6 Å². The van der Waals surface area contributed by atoms with Crippen LogP contribution in [0.25, 0.3) is 55.6 Å². The number of benzene rings is 4. The molecule has 3 heterocycles. The van der Waals surface area contributed by atoms with E-state index in [1.165, 1.54) is 24.4 Å². The van der Waals surface area contributed by atoms with Crippen LogP contribution >= 0.6 is 0 Å². The van der Waals surface area contributed by atoms with Crippen molar-refractivity contribution < 1.29 is 63.2 Å². The van der Waals surface area contributed by atoms with E-state index in [4.69, 9.17) is 16.8 Å². The van der Waals surface area contributed by atoms with Gasteiger partial charge in [0.1, 0.15) is 18.3 Å². The summed E-state index contributed by atoms with van der Waals surface area (Å²) in [6.07, 6.45) is -9.20. The molecule has 57 heavy (non-hydrogen) atoms. The molecule has 0 aliphatic rings. The van der Waals surface area contributed by atoms with E-state index in [0.717, 1.165) is 61.5 Å². The summed E-state index contributed by atoms with van der Waals surface area (Å²) >= 11 is 0. The summed E-state index contributed by atoms with van der Waals surface area (Å²) in [6, 6.07) is 32.9. The van der Waals surface area contributed by atoms with E-state index in [1.807, 2.05) is 48.5 Å². The first-order valence-electron chi connectivity index (χ1n) is 21.9. The van der Waals surface area contributed by atoms with Crippen LogP contribution in [0.2, 0.25) is 37.4 Å². The topological polar surface area (TPSA) is 38.9 Å². The van der Waals surface area contributed by atoms with Gasteiger partial charge in [-0.3, -0.25) is 0 Å². The fourth-order valence-corrected chi connectivity index (χ4v) is 20.6. The molecule has 0 saturated carbocycles. The molecule has 0 fully saturated rings. The number of para-hydroxylation sites is 1. The number of alkyl halides is 6. The molecule has 7 aromatic rings. The monoisotopic (exact) mass is 998 g/mol. The number of pyridine rings is 2. The Morgan fingerprint density at radius 3 is 1.91 bits per heavy atom. The Kier molecular flexibility index (Phi) is 9.22. The minimum Gasteiger partial charge on any atom is -0.500 e. The first kappa shape index (κ1) is 32.6. The minimum absolute atomic E-state index is 0. The Labute approximate surface area is 357 Å². The molecule has 0 spiro atoms. The molecule has 0 bridgehead atoms. The van der Waals surface area contributed by atoms with E-state index in [9.17, 15) is 0 Å². The molecule has 0 unspecified atom stereocenters. The van der Waals surface area contributed by atoms with Crippen molar-refractivity contribution in [2.45, 2.75) is 70.3 Å². The zero-order valence-corrected chi connectivity index (χ0v) is 35.7. The van der Waals surface area contributed by atoms with Gasteiger partial charge in [0.25, 0.3) is 0 Å². The standard InChI is InChI=1S/C32H30F6NOSi2.C13H12N.Ir/c1-20-19-39-26(18-27(20)42(5,6)30(31(33,34)35,32(36,37)38)41(2,3)4)25-17-11-16-24-23-15-10-14-22(28(23)40-29(24)25)21-12-8-7-9-13-21;1-10-3-6-12(7-4-10)13-8-5-11(2)9-14-13;/h7-16,18-19H,1-6H3;3-6,8-9H,1-2H3;/q2*-1;/i1D3;1D3,2D3;. The van der Waals surface area contributed by atoms with E-state index < -0.39 is 64.5 Å². The van der Waals surface area contributed by atoms with Crippen molar-refractivity contribution in [3.8, 4) is 33.6 Å². The van der Waals surface area contributed by atoms with E-state index >= 15 is 26.3 Å². The summed E-state index contributed by atoms with van der Waals surface area (Å²) in [7, 11) is -9.10. The second-order valence-corrected chi connectivity index (χ2v) is 25.2. The summed E-state index contributed by atoms with van der Waals surface area (Å²) in [5, 5.41) is 0.900. The number of hydrogen-bond acceptors (Lipinski definition) is 3. The van der Waals surface area contributed by atoms with E-state index in [1.54, 1.807) is 24.3 Å². The largest absolute Gasteiger partial charge is 0.500 e. The Hall–Kier alpha value is -4.36. The van der Waals surface area contributed by atoms with Gasteiger partial charge in [0, 0.05) is 55.8 Å². The number of aryl methyl sites for hydroxylation is 3. The van der Waals surface area contributed by atoms with Crippen LogP contribution in [0.5, 0.6) is 0 Å². The summed E-state index contributed by atoms with van der Waals surface area (Å²) in [5.41, 5.74) is 3.56. The minimum atomic E-state index is -5.69. The second-order valence-electron chi connectivity index (χ2n) is 14.9. The van der Waals surface area contributed by atoms with Gasteiger partial charge in [0.15, 0.2) is 0 Å². The molecular weight excluding hydrogens is 947 g/mol. The van der Waals surface area contributed by atoms with Crippen LogP contribution in [0, 0.1) is 32.7 Å². The number of furan rings is 1. The van der Waals surface area contributed by atoms with E-state index in [0.29, 0.717) is 22.2 Å². The summed E-state index contributed by atoms with van der Waals surface area (Å²) in [6.45, 7) is -2.31. The molecule has 0 aliphatic carbocycles. The average Bonchev–Trinajstić information content (AvgIpc) is 3.58. The Morgan fingerprint density at radius 2 is 1.33 bits per heavy atom. The van der Waals surface area contributed by atoms with Crippen LogP contribution in [0.3, 0.4) is 0 Å². The molecule has 0 atom stereocenters. The number of nitrogens with zero attached hydrogens (tertiary/aromatic N) is 2. The van der Waals surface area contributed by atoms with Crippen molar-refractivity contribution in [3.63, 3.8) is 0 Å². The van der Waals surface area contributed by atoms with E-state index in [-0.39, 0.29) is 48.1 Å². The first-order chi connectivity index (χ1) is 29.8. The number of hydrogen-bond donors (Lipinski definition) is 0. The molecule has 1 radical (unpaired) electrons. The molecule has 0 N–H and O–H groups in total. The summed E-state index contributed by atoms with van der Waals surface area (Å²) in [4.78, 5) is 8.35. The third kappa shape index (κ3) is 7.94. The Bertz CT molecular complexity index is 2730. The number of fused-ring (bicyclic) bond motifs is 3. The van der Waals surface area contributed by atoms with E-state index in [2.05, 4.69) is 22.1 Å². The zero-order chi connectivity index (χ0) is 48.3. The number of rotatable bonds is 6. The van der Waals surface area contributed by atoms with Gasteiger partial charge in [0.05, 0.1) is 13.7 Å². The molecule has 4 aromatic carbocycles. The predicted molar refractivity (Wildman–Crippen MR) is 219 cm³/mol. The normalized spacial score (nSPS) is 15.6. The van der Waals surface area contributed by atoms with Gasteiger partial charge in [-0.25, -0.2) is 0 Å². The smallest absolute Gasteiger partial charge is 0.398 e. The van der Waals surface area contributed by atoms with Gasteiger partial charge in [-0.1, -0.05) is 122 Å². The van der Waals surface area contributed by atoms with Gasteiger partial charge >= 0.3 is 12.4 Å². The summed E-state index contributed by atoms with van der Waals surface area (Å²) in [5.74, 6) is 0. The first-order valence-corrected chi connectivity index (χ1v) is 23.9.